The lowest BCUT2D eigenvalue weighted by Crippen LogP contribution is -1.93. The first-order valence-corrected chi connectivity index (χ1v) is 13.4. The lowest BCUT2D eigenvalue weighted by molar-refractivity contribution is 1.19. The topological polar surface area (TPSA) is 68.9 Å². The smallest absolute Gasteiger partial charge is 0.165 e. The van der Waals surface area contributed by atoms with Crippen LogP contribution in [0.25, 0.3) is 72.5 Å². The van der Waals surface area contributed by atoms with Crippen molar-refractivity contribution < 1.29 is 0 Å². The Labute approximate surface area is 235 Å². The van der Waals surface area contributed by atoms with Gasteiger partial charge in [-0.2, -0.15) is 0 Å². The Hall–Kier alpha value is -5.75. The maximum atomic E-state index is 5.15. The Kier molecular flexibility index (Phi) is 5.35. The fourth-order valence-corrected chi connectivity index (χ4v) is 5.41. The van der Waals surface area contributed by atoms with E-state index < -0.39 is 0 Å². The summed E-state index contributed by atoms with van der Waals surface area (Å²) < 4.78 is 2.05. The second-order valence-corrected chi connectivity index (χ2v) is 9.89. The zero-order valence-corrected chi connectivity index (χ0v) is 21.9. The van der Waals surface area contributed by atoms with Gasteiger partial charge in [0.1, 0.15) is 11.2 Å². The van der Waals surface area contributed by atoms with Gasteiger partial charge in [0.25, 0.3) is 0 Å². The molecule has 0 fully saturated rings. The molecule has 0 aliphatic heterocycles. The van der Waals surface area contributed by atoms with E-state index in [4.69, 9.17) is 15.0 Å². The molecule has 8 rings (SSSR count). The van der Waals surface area contributed by atoms with Crippen LogP contribution >= 0.6 is 0 Å². The van der Waals surface area contributed by atoms with Gasteiger partial charge >= 0.3 is 0 Å². The summed E-state index contributed by atoms with van der Waals surface area (Å²) in [5, 5.41) is 2.18. The molecule has 0 aliphatic rings. The molecule has 6 nitrogen and oxygen atoms in total. The molecule has 0 bridgehead atoms. The van der Waals surface area contributed by atoms with Crippen molar-refractivity contribution in [3.05, 3.63) is 134 Å². The first-order chi connectivity index (χ1) is 20.3. The Morgan fingerprint density at radius 2 is 1.07 bits per heavy atom. The number of fused-ring (bicyclic) bond motifs is 5. The van der Waals surface area contributed by atoms with Crippen LogP contribution in [0.5, 0.6) is 0 Å². The highest BCUT2D eigenvalue weighted by Gasteiger charge is 2.15. The van der Waals surface area contributed by atoms with E-state index in [-0.39, 0.29) is 0 Å². The minimum atomic E-state index is 0.858. The number of benzene rings is 2. The summed E-state index contributed by atoms with van der Waals surface area (Å²) in [5.74, 6) is 0. The summed E-state index contributed by atoms with van der Waals surface area (Å²) >= 11 is 0. The van der Waals surface area contributed by atoms with Gasteiger partial charge in [0.15, 0.2) is 5.65 Å². The second kappa shape index (κ2) is 9.47. The van der Waals surface area contributed by atoms with Crippen LogP contribution < -0.4 is 0 Å². The summed E-state index contributed by atoms with van der Waals surface area (Å²) in [4.78, 5) is 23.4. The van der Waals surface area contributed by atoms with E-state index in [1.807, 2.05) is 48.7 Å². The van der Waals surface area contributed by atoms with Gasteiger partial charge in [-0.25, -0.2) is 15.0 Å². The normalized spacial score (nSPS) is 11.4. The van der Waals surface area contributed by atoms with Crippen molar-refractivity contribution >= 4 is 27.6 Å². The maximum Gasteiger partial charge on any atom is 0.165 e. The molecule has 6 aromatic heterocycles. The molecular formula is C35H22N6. The number of aromatic nitrogens is 6. The van der Waals surface area contributed by atoms with Crippen molar-refractivity contribution in [2.24, 2.45) is 0 Å². The summed E-state index contributed by atoms with van der Waals surface area (Å²) in [7, 11) is 0. The summed E-state index contributed by atoms with van der Waals surface area (Å²) in [5.41, 5.74) is 10.7. The predicted molar refractivity (Wildman–Crippen MR) is 163 cm³/mol. The third-order valence-corrected chi connectivity index (χ3v) is 7.43. The van der Waals surface area contributed by atoms with E-state index in [1.165, 1.54) is 0 Å². The van der Waals surface area contributed by atoms with Crippen LogP contribution in [0.4, 0.5) is 0 Å². The average Bonchev–Trinajstić information content (AvgIpc) is 3.44. The Morgan fingerprint density at radius 1 is 0.463 bits per heavy atom. The van der Waals surface area contributed by atoms with Gasteiger partial charge in [0.05, 0.1) is 17.1 Å². The van der Waals surface area contributed by atoms with Gasteiger partial charge in [-0.05, 0) is 59.7 Å². The number of imidazole rings is 1. The number of hydrogen-bond donors (Lipinski definition) is 0. The van der Waals surface area contributed by atoms with Crippen LogP contribution in [0.2, 0.25) is 0 Å². The minimum absolute atomic E-state index is 0.858. The standard InChI is InChI=1S/C35H22N6/c1-2-6-29-28(5-1)33(40-35-34(29)39-32-7-3-4-20-41(32)35)26-10-8-23(9-11-26)27-21-30(24-12-16-36-17-13-24)38-31(22-27)25-14-18-37-19-15-25/h1-22H. The highest BCUT2D eigenvalue weighted by Crippen LogP contribution is 2.35. The van der Waals surface area contributed by atoms with E-state index >= 15 is 0 Å². The summed E-state index contributed by atoms with van der Waals surface area (Å²) in [6, 6.07) is 35.2. The quantitative estimate of drug-likeness (QED) is 0.233. The Balaban J connectivity index is 1.27. The molecule has 0 radical (unpaired) electrons. The zero-order valence-electron chi connectivity index (χ0n) is 21.9. The minimum Gasteiger partial charge on any atom is -0.284 e. The highest BCUT2D eigenvalue weighted by molar-refractivity contribution is 6.09. The second-order valence-electron chi connectivity index (χ2n) is 9.89. The molecule has 0 unspecified atom stereocenters. The molecule has 0 amide bonds. The molecule has 2 aromatic carbocycles. The van der Waals surface area contributed by atoms with Gasteiger partial charge in [0, 0.05) is 58.4 Å². The molecule has 0 spiro atoms. The van der Waals surface area contributed by atoms with Crippen molar-refractivity contribution in [1.82, 2.24) is 29.3 Å². The molecule has 0 N–H and O–H groups in total. The van der Waals surface area contributed by atoms with Crippen molar-refractivity contribution in [2.45, 2.75) is 0 Å². The average molecular weight is 527 g/mol. The molecule has 0 aliphatic carbocycles. The van der Waals surface area contributed by atoms with Crippen LogP contribution in [0, 0.1) is 0 Å². The number of nitrogens with zero attached hydrogens (tertiary/aromatic N) is 6. The largest absolute Gasteiger partial charge is 0.284 e. The van der Waals surface area contributed by atoms with Gasteiger partial charge in [-0.3, -0.25) is 14.4 Å². The van der Waals surface area contributed by atoms with Crippen molar-refractivity contribution in [3.63, 3.8) is 0 Å². The lowest BCUT2D eigenvalue weighted by Gasteiger charge is -2.11. The van der Waals surface area contributed by atoms with Crippen LogP contribution in [0.3, 0.4) is 0 Å². The maximum absolute atomic E-state index is 5.15. The first kappa shape index (κ1) is 23.2. The van der Waals surface area contributed by atoms with Gasteiger partial charge in [0.2, 0.25) is 0 Å². The first-order valence-electron chi connectivity index (χ1n) is 13.4. The Bertz CT molecular complexity index is 2130. The lowest BCUT2D eigenvalue weighted by atomic mass is 9.98. The van der Waals surface area contributed by atoms with Crippen molar-refractivity contribution in [3.8, 4) is 44.9 Å². The molecule has 192 valence electrons. The fraction of sp³-hybridized carbons (Fsp3) is 0. The Morgan fingerprint density at radius 3 is 1.76 bits per heavy atom. The molecular weight excluding hydrogens is 504 g/mol. The summed E-state index contributed by atoms with van der Waals surface area (Å²) in [6.45, 7) is 0. The van der Waals surface area contributed by atoms with Crippen molar-refractivity contribution in [1.29, 1.82) is 0 Å². The zero-order chi connectivity index (χ0) is 27.2. The van der Waals surface area contributed by atoms with Gasteiger partial charge < -0.3 is 0 Å². The van der Waals surface area contributed by atoms with Crippen LogP contribution in [0.1, 0.15) is 0 Å². The molecule has 41 heavy (non-hydrogen) atoms. The third-order valence-electron chi connectivity index (χ3n) is 7.43. The monoisotopic (exact) mass is 526 g/mol. The van der Waals surface area contributed by atoms with Crippen molar-refractivity contribution in [2.75, 3.05) is 0 Å². The number of pyridine rings is 5. The highest BCUT2D eigenvalue weighted by atomic mass is 15.1. The van der Waals surface area contributed by atoms with E-state index in [9.17, 15) is 0 Å². The van der Waals surface area contributed by atoms with Crippen LogP contribution in [0.15, 0.2) is 134 Å². The number of hydrogen-bond acceptors (Lipinski definition) is 5. The van der Waals surface area contributed by atoms with E-state index in [0.717, 1.165) is 72.5 Å². The molecule has 6 heteroatoms. The van der Waals surface area contributed by atoms with E-state index in [2.05, 4.69) is 75.0 Å². The summed E-state index contributed by atoms with van der Waals surface area (Å²) in [6.07, 6.45) is 9.19. The van der Waals surface area contributed by atoms with Crippen LogP contribution in [-0.2, 0) is 0 Å². The van der Waals surface area contributed by atoms with Crippen LogP contribution in [-0.4, -0.2) is 29.3 Å². The number of rotatable bonds is 4. The van der Waals surface area contributed by atoms with Gasteiger partial charge in [-0.1, -0.05) is 54.6 Å². The van der Waals surface area contributed by atoms with E-state index in [0.29, 0.717) is 0 Å². The molecule has 8 aromatic rings. The molecule has 0 saturated heterocycles. The van der Waals surface area contributed by atoms with E-state index in [1.54, 1.807) is 24.8 Å². The van der Waals surface area contributed by atoms with Gasteiger partial charge in [-0.15, -0.1) is 0 Å². The predicted octanol–water partition coefficient (Wildman–Crippen LogP) is 7.89. The molecule has 6 heterocycles. The SMILES string of the molecule is c1ccc2c(c1)c(-c1ccc(-c3cc(-c4ccncc4)nc(-c4ccncc4)c3)cc1)nc1c2nc2ccccn21. The third kappa shape index (κ3) is 4.01. The molecule has 0 atom stereocenters. The molecule has 0 saturated carbocycles. The fourth-order valence-electron chi connectivity index (χ4n) is 5.41.